The highest BCUT2D eigenvalue weighted by atomic mass is 16.2. The maximum absolute atomic E-state index is 11.6. The molecular weight excluding hydrogens is 204 g/mol. The van der Waals surface area contributed by atoms with Gasteiger partial charge >= 0.3 is 0 Å². The maximum Gasteiger partial charge on any atom is 0.236 e. The molecule has 2 heterocycles. The van der Waals surface area contributed by atoms with E-state index in [4.69, 9.17) is 0 Å². The first-order chi connectivity index (χ1) is 7.86. The molecule has 0 aromatic carbocycles. The molecule has 1 amide bonds. The molecule has 0 radical (unpaired) electrons. The van der Waals surface area contributed by atoms with Gasteiger partial charge in [-0.15, -0.1) is 0 Å². The van der Waals surface area contributed by atoms with E-state index in [1.807, 2.05) is 21.8 Å². The minimum Gasteiger partial charge on any atom is -0.342 e. The molecule has 0 spiro atoms. The molecule has 88 valence electrons. The van der Waals surface area contributed by atoms with Gasteiger partial charge in [0.05, 0.1) is 13.1 Å². The van der Waals surface area contributed by atoms with Gasteiger partial charge < -0.3 is 10.2 Å². The quantitative estimate of drug-likeness (QED) is 0.719. The third-order valence-electron chi connectivity index (χ3n) is 2.81. The fourth-order valence-corrected chi connectivity index (χ4v) is 1.90. The van der Waals surface area contributed by atoms with Gasteiger partial charge in [-0.05, 0) is 18.9 Å². The van der Waals surface area contributed by atoms with Crippen LogP contribution in [0.3, 0.4) is 0 Å². The standard InChI is InChI=1S/C11H18N4O/c16-11(14-6-1-2-7-14)10-12-5-9-15-8-3-4-13-15/h3-4,8,12H,1-2,5-7,9-10H2. The Morgan fingerprint density at radius 1 is 1.38 bits per heavy atom. The zero-order valence-corrected chi connectivity index (χ0v) is 9.43. The van der Waals surface area contributed by atoms with Crippen LogP contribution in [0.25, 0.3) is 0 Å². The van der Waals surface area contributed by atoms with Gasteiger partial charge in [-0.1, -0.05) is 0 Å². The molecule has 1 aliphatic heterocycles. The Labute approximate surface area is 95.4 Å². The van der Waals surface area contributed by atoms with Crippen LogP contribution in [0.15, 0.2) is 18.5 Å². The normalized spacial score (nSPS) is 15.6. The summed E-state index contributed by atoms with van der Waals surface area (Å²) in [5.41, 5.74) is 0. The summed E-state index contributed by atoms with van der Waals surface area (Å²) in [5.74, 6) is 0.220. The summed E-state index contributed by atoms with van der Waals surface area (Å²) in [6.45, 7) is 3.89. The average Bonchev–Trinajstić information content (AvgIpc) is 2.96. The molecule has 2 rings (SSSR count). The van der Waals surface area contributed by atoms with Gasteiger partial charge in [-0.25, -0.2) is 0 Å². The number of rotatable bonds is 5. The number of nitrogens with zero attached hydrogens (tertiary/aromatic N) is 3. The van der Waals surface area contributed by atoms with Crippen LogP contribution < -0.4 is 5.32 Å². The second-order valence-corrected chi connectivity index (χ2v) is 4.03. The smallest absolute Gasteiger partial charge is 0.236 e. The Morgan fingerprint density at radius 2 is 2.19 bits per heavy atom. The second kappa shape index (κ2) is 5.65. The van der Waals surface area contributed by atoms with Crippen molar-refractivity contribution >= 4 is 5.91 Å². The molecular formula is C11H18N4O. The highest BCUT2D eigenvalue weighted by Gasteiger charge is 2.16. The van der Waals surface area contributed by atoms with Gasteiger partial charge in [0.2, 0.25) is 5.91 Å². The lowest BCUT2D eigenvalue weighted by molar-refractivity contribution is -0.129. The lowest BCUT2D eigenvalue weighted by Gasteiger charge is -2.15. The van der Waals surface area contributed by atoms with Crippen molar-refractivity contribution in [3.05, 3.63) is 18.5 Å². The summed E-state index contributed by atoms with van der Waals surface area (Å²) in [7, 11) is 0. The summed E-state index contributed by atoms with van der Waals surface area (Å²) >= 11 is 0. The molecule has 1 N–H and O–H groups in total. The number of hydrogen-bond acceptors (Lipinski definition) is 3. The molecule has 1 aliphatic rings. The fraction of sp³-hybridized carbons (Fsp3) is 0.636. The van der Waals surface area contributed by atoms with E-state index >= 15 is 0 Å². The Hall–Kier alpha value is -1.36. The lowest BCUT2D eigenvalue weighted by atomic mass is 10.4. The van der Waals surface area contributed by atoms with Crippen LogP contribution in [0.5, 0.6) is 0 Å². The summed E-state index contributed by atoms with van der Waals surface area (Å²) in [5, 5.41) is 7.24. The summed E-state index contributed by atoms with van der Waals surface area (Å²) in [6.07, 6.45) is 5.98. The van der Waals surface area contributed by atoms with Crippen molar-refractivity contribution in [3.63, 3.8) is 0 Å². The molecule has 0 atom stereocenters. The number of likely N-dealkylation sites (tertiary alicyclic amines) is 1. The molecule has 5 nitrogen and oxygen atoms in total. The van der Waals surface area contributed by atoms with Crippen molar-refractivity contribution in [2.45, 2.75) is 19.4 Å². The molecule has 16 heavy (non-hydrogen) atoms. The number of carbonyl (C=O) groups is 1. The van der Waals surface area contributed by atoms with Gasteiger partial charge in [0.1, 0.15) is 0 Å². The first kappa shape index (κ1) is 11.1. The number of hydrogen-bond donors (Lipinski definition) is 1. The average molecular weight is 222 g/mol. The highest BCUT2D eigenvalue weighted by molar-refractivity contribution is 5.78. The predicted molar refractivity (Wildman–Crippen MR) is 60.9 cm³/mol. The Balaban J connectivity index is 1.59. The molecule has 1 aromatic heterocycles. The minimum absolute atomic E-state index is 0.220. The molecule has 0 aliphatic carbocycles. The lowest BCUT2D eigenvalue weighted by Crippen LogP contribution is -2.37. The first-order valence-corrected chi connectivity index (χ1v) is 5.82. The van der Waals surface area contributed by atoms with Crippen molar-refractivity contribution in [2.24, 2.45) is 0 Å². The van der Waals surface area contributed by atoms with Crippen molar-refractivity contribution < 1.29 is 4.79 Å². The van der Waals surface area contributed by atoms with E-state index in [9.17, 15) is 4.79 Å². The molecule has 1 fully saturated rings. The third kappa shape index (κ3) is 3.06. The first-order valence-electron chi connectivity index (χ1n) is 5.82. The fourth-order valence-electron chi connectivity index (χ4n) is 1.90. The topological polar surface area (TPSA) is 50.2 Å². The molecule has 0 unspecified atom stereocenters. The number of aromatic nitrogens is 2. The number of amides is 1. The van der Waals surface area contributed by atoms with Crippen LogP contribution in [0.4, 0.5) is 0 Å². The van der Waals surface area contributed by atoms with Crippen LogP contribution in [0.2, 0.25) is 0 Å². The third-order valence-corrected chi connectivity index (χ3v) is 2.81. The highest BCUT2D eigenvalue weighted by Crippen LogP contribution is 2.06. The van der Waals surface area contributed by atoms with Crippen molar-refractivity contribution in [2.75, 3.05) is 26.2 Å². The van der Waals surface area contributed by atoms with Crippen LogP contribution in [-0.4, -0.2) is 46.8 Å². The molecule has 0 bridgehead atoms. The van der Waals surface area contributed by atoms with Gasteiger partial charge in [-0.3, -0.25) is 9.48 Å². The van der Waals surface area contributed by atoms with E-state index in [1.165, 1.54) is 0 Å². The van der Waals surface area contributed by atoms with E-state index < -0.39 is 0 Å². The Morgan fingerprint density at radius 3 is 2.88 bits per heavy atom. The van der Waals surface area contributed by atoms with E-state index in [1.54, 1.807) is 6.20 Å². The van der Waals surface area contributed by atoms with Crippen LogP contribution >= 0.6 is 0 Å². The maximum atomic E-state index is 11.6. The number of carbonyl (C=O) groups excluding carboxylic acids is 1. The predicted octanol–water partition coefficient (Wildman–Crippen LogP) is 0.0951. The van der Waals surface area contributed by atoms with E-state index in [2.05, 4.69) is 10.4 Å². The zero-order valence-electron chi connectivity index (χ0n) is 9.43. The largest absolute Gasteiger partial charge is 0.342 e. The van der Waals surface area contributed by atoms with E-state index in [-0.39, 0.29) is 5.91 Å². The Kier molecular flexibility index (Phi) is 3.93. The zero-order chi connectivity index (χ0) is 11.2. The molecule has 5 heteroatoms. The summed E-state index contributed by atoms with van der Waals surface area (Å²) in [6, 6.07) is 1.90. The van der Waals surface area contributed by atoms with Gasteiger partial charge in [-0.2, -0.15) is 5.10 Å². The second-order valence-electron chi connectivity index (χ2n) is 4.03. The summed E-state index contributed by atoms with van der Waals surface area (Å²) < 4.78 is 1.85. The summed E-state index contributed by atoms with van der Waals surface area (Å²) in [4.78, 5) is 13.6. The van der Waals surface area contributed by atoms with E-state index in [0.717, 1.165) is 39.0 Å². The van der Waals surface area contributed by atoms with Crippen molar-refractivity contribution in [1.29, 1.82) is 0 Å². The molecule has 0 saturated carbocycles. The Bertz CT molecular complexity index is 317. The van der Waals surface area contributed by atoms with Crippen molar-refractivity contribution in [1.82, 2.24) is 20.0 Å². The monoisotopic (exact) mass is 222 g/mol. The van der Waals surface area contributed by atoms with Gasteiger partial charge in [0, 0.05) is 32.0 Å². The number of nitrogens with one attached hydrogen (secondary N) is 1. The van der Waals surface area contributed by atoms with Crippen LogP contribution in [0, 0.1) is 0 Å². The van der Waals surface area contributed by atoms with E-state index in [0.29, 0.717) is 6.54 Å². The molecule has 1 saturated heterocycles. The van der Waals surface area contributed by atoms with Crippen molar-refractivity contribution in [3.8, 4) is 0 Å². The van der Waals surface area contributed by atoms with Gasteiger partial charge in [0.15, 0.2) is 0 Å². The SMILES string of the molecule is O=C(CNCCn1cccn1)N1CCCC1. The van der Waals surface area contributed by atoms with Gasteiger partial charge in [0.25, 0.3) is 0 Å². The molecule has 1 aromatic rings. The van der Waals surface area contributed by atoms with Crippen LogP contribution in [0.1, 0.15) is 12.8 Å². The minimum atomic E-state index is 0.220. The van der Waals surface area contributed by atoms with Crippen LogP contribution in [-0.2, 0) is 11.3 Å².